The normalized spacial score (nSPS) is 22.4. The number of hydrogen-bond acceptors (Lipinski definition) is 3. The lowest BCUT2D eigenvalue weighted by Crippen LogP contribution is -2.41. The molecule has 29 heavy (non-hydrogen) atoms. The number of nitrogens with one attached hydrogen (secondary N) is 2. The molecule has 2 aliphatic rings. The van der Waals surface area contributed by atoms with Crippen LogP contribution in [-0.2, 0) is 11.3 Å². The van der Waals surface area contributed by atoms with Gasteiger partial charge >= 0.3 is 0 Å². The van der Waals surface area contributed by atoms with E-state index in [9.17, 15) is 4.79 Å². The standard InChI is InChI=1S/C22H34N4O2.HI/c1-4-17(3)25-20(27)19-8-6-7-18(13-19)14-24-21(23-5-2)26-11-9-22(15-26)10-12-28-16-22;/h6-8,13,17H,4-5,9-12,14-16H2,1-3H3,(H,23,24)(H,25,27);1H. The first-order chi connectivity index (χ1) is 13.5. The monoisotopic (exact) mass is 514 g/mol. The fourth-order valence-electron chi connectivity index (χ4n) is 3.90. The van der Waals surface area contributed by atoms with Gasteiger partial charge in [0.15, 0.2) is 5.96 Å². The van der Waals surface area contributed by atoms with Crippen LogP contribution in [0.25, 0.3) is 0 Å². The average Bonchev–Trinajstić information content (AvgIpc) is 3.35. The van der Waals surface area contributed by atoms with E-state index in [4.69, 9.17) is 9.73 Å². The van der Waals surface area contributed by atoms with Crippen molar-refractivity contribution in [3.63, 3.8) is 0 Å². The Hall–Kier alpha value is -1.35. The SMILES string of the molecule is CCNC(=NCc1cccc(C(=O)NC(C)CC)c1)N1CCC2(CCOC2)C1.I. The van der Waals surface area contributed by atoms with Crippen LogP contribution in [0, 0.1) is 5.41 Å². The number of rotatable bonds is 6. The summed E-state index contributed by atoms with van der Waals surface area (Å²) in [5, 5.41) is 6.45. The van der Waals surface area contributed by atoms with Gasteiger partial charge in [-0.15, -0.1) is 24.0 Å². The van der Waals surface area contributed by atoms with Gasteiger partial charge in [-0.3, -0.25) is 4.79 Å². The van der Waals surface area contributed by atoms with Crippen molar-refractivity contribution in [2.75, 3.05) is 32.8 Å². The number of halogens is 1. The summed E-state index contributed by atoms with van der Waals surface area (Å²) in [6, 6.07) is 7.95. The minimum Gasteiger partial charge on any atom is -0.381 e. The minimum atomic E-state index is -0.0187. The molecular weight excluding hydrogens is 479 g/mol. The van der Waals surface area contributed by atoms with Crippen molar-refractivity contribution >= 4 is 35.8 Å². The Morgan fingerprint density at radius 2 is 2.17 bits per heavy atom. The van der Waals surface area contributed by atoms with E-state index >= 15 is 0 Å². The third-order valence-corrected chi connectivity index (χ3v) is 5.85. The second kappa shape index (κ2) is 11.2. The molecule has 0 saturated carbocycles. The molecule has 1 amide bonds. The molecule has 1 spiro atoms. The molecule has 2 atom stereocenters. The van der Waals surface area contributed by atoms with E-state index in [-0.39, 0.29) is 35.9 Å². The molecule has 0 radical (unpaired) electrons. The average molecular weight is 514 g/mol. The third-order valence-electron chi connectivity index (χ3n) is 5.85. The van der Waals surface area contributed by atoms with Crippen LogP contribution in [0.4, 0.5) is 0 Å². The van der Waals surface area contributed by atoms with Crippen LogP contribution >= 0.6 is 24.0 Å². The lowest BCUT2D eigenvalue weighted by molar-refractivity contribution is 0.0939. The summed E-state index contributed by atoms with van der Waals surface area (Å²) in [6.45, 7) is 11.4. The minimum absolute atomic E-state index is 0. The summed E-state index contributed by atoms with van der Waals surface area (Å²) < 4.78 is 5.65. The van der Waals surface area contributed by atoms with Crippen LogP contribution in [0.1, 0.15) is 56.0 Å². The molecule has 2 N–H and O–H groups in total. The zero-order valence-electron chi connectivity index (χ0n) is 17.9. The molecule has 162 valence electrons. The number of carbonyl (C=O) groups excluding carboxylic acids is 1. The van der Waals surface area contributed by atoms with Crippen molar-refractivity contribution in [1.82, 2.24) is 15.5 Å². The van der Waals surface area contributed by atoms with Crippen LogP contribution in [0.2, 0.25) is 0 Å². The largest absolute Gasteiger partial charge is 0.381 e. The van der Waals surface area contributed by atoms with Crippen molar-refractivity contribution in [3.8, 4) is 0 Å². The molecule has 2 heterocycles. The molecule has 6 nitrogen and oxygen atoms in total. The summed E-state index contributed by atoms with van der Waals surface area (Å²) in [4.78, 5) is 19.6. The van der Waals surface area contributed by atoms with Gasteiger partial charge in [0.05, 0.1) is 13.2 Å². The highest BCUT2D eigenvalue weighted by Gasteiger charge is 2.42. The molecule has 2 fully saturated rings. The van der Waals surface area contributed by atoms with Crippen molar-refractivity contribution in [2.45, 2.75) is 52.6 Å². The maximum absolute atomic E-state index is 12.4. The molecule has 1 aromatic carbocycles. The number of hydrogen-bond donors (Lipinski definition) is 2. The summed E-state index contributed by atoms with van der Waals surface area (Å²) >= 11 is 0. The number of nitrogens with zero attached hydrogens (tertiary/aromatic N) is 2. The Bertz CT molecular complexity index is 704. The Labute approximate surface area is 191 Å². The quantitative estimate of drug-likeness (QED) is 0.347. The van der Waals surface area contributed by atoms with Crippen LogP contribution in [0.15, 0.2) is 29.3 Å². The molecule has 7 heteroatoms. The van der Waals surface area contributed by atoms with Crippen molar-refractivity contribution in [2.24, 2.45) is 10.4 Å². The highest BCUT2D eigenvalue weighted by Crippen LogP contribution is 2.38. The third kappa shape index (κ3) is 6.31. The predicted octanol–water partition coefficient (Wildman–Crippen LogP) is 3.41. The number of likely N-dealkylation sites (tertiary alicyclic amines) is 1. The lowest BCUT2D eigenvalue weighted by Gasteiger charge is -2.25. The predicted molar refractivity (Wildman–Crippen MR) is 128 cm³/mol. The Kier molecular flexibility index (Phi) is 9.20. The number of benzene rings is 1. The van der Waals surface area contributed by atoms with Gasteiger partial charge in [-0.1, -0.05) is 19.1 Å². The zero-order valence-corrected chi connectivity index (χ0v) is 20.2. The van der Waals surface area contributed by atoms with Gasteiger partial charge in [-0.25, -0.2) is 4.99 Å². The van der Waals surface area contributed by atoms with Crippen molar-refractivity contribution < 1.29 is 9.53 Å². The fourth-order valence-corrected chi connectivity index (χ4v) is 3.90. The number of guanidine groups is 1. The molecule has 1 aromatic rings. The summed E-state index contributed by atoms with van der Waals surface area (Å²) in [6.07, 6.45) is 3.24. The van der Waals surface area contributed by atoms with E-state index in [1.54, 1.807) is 0 Å². The first-order valence-electron chi connectivity index (χ1n) is 10.6. The number of ether oxygens (including phenoxy) is 1. The van der Waals surface area contributed by atoms with E-state index in [0.717, 1.165) is 57.2 Å². The van der Waals surface area contributed by atoms with E-state index in [1.165, 1.54) is 6.42 Å². The number of amides is 1. The summed E-state index contributed by atoms with van der Waals surface area (Å²) in [5.41, 5.74) is 2.05. The van der Waals surface area contributed by atoms with Crippen molar-refractivity contribution in [1.29, 1.82) is 0 Å². The first kappa shape index (κ1) is 23.9. The van der Waals surface area contributed by atoms with Gasteiger partial charge in [0, 0.05) is 43.3 Å². The molecule has 0 aliphatic carbocycles. The van der Waals surface area contributed by atoms with Gasteiger partial charge in [0.2, 0.25) is 0 Å². The van der Waals surface area contributed by atoms with Crippen molar-refractivity contribution in [3.05, 3.63) is 35.4 Å². The zero-order chi connectivity index (χ0) is 20.0. The Balaban J connectivity index is 0.00000300. The highest BCUT2D eigenvalue weighted by molar-refractivity contribution is 14.0. The Morgan fingerprint density at radius 3 is 2.86 bits per heavy atom. The maximum atomic E-state index is 12.4. The molecule has 0 bridgehead atoms. The maximum Gasteiger partial charge on any atom is 0.251 e. The van der Waals surface area contributed by atoms with Gasteiger partial charge in [-0.05, 0) is 50.8 Å². The second-order valence-corrected chi connectivity index (χ2v) is 8.13. The van der Waals surface area contributed by atoms with Gasteiger partial charge < -0.3 is 20.3 Å². The topological polar surface area (TPSA) is 66.0 Å². The van der Waals surface area contributed by atoms with Gasteiger partial charge in [0.1, 0.15) is 0 Å². The Morgan fingerprint density at radius 1 is 1.34 bits per heavy atom. The smallest absolute Gasteiger partial charge is 0.251 e. The van der Waals surface area contributed by atoms with Crippen LogP contribution in [0.3, 0.4) is 0 Å². The van der Waals surface area contributed by atoms with Crippen LogP contribution in [0.5, 0.6) is 0 Å². The molecular formula is C22H35IN4O2. The van der Waals surface area contributed by atoms with Crippen LogP contribution in [-0.4, -0.2) is 55.7 Å². The summed E-state index contributed by atoms with van der Waals surface area (Å²) in [7, 11) is 0. The van der Waals surface area contributed by atoms with Gasteiger partial charge in [0.25, 0.3) is 5.91 Å². The fraction of sp³-hybridized carbons (Fsp3) is 0.636. The highest BCUT2D eigenvalue weighted by atomic mass is 127. The van der Waals surface area contributed by atoms with E-state index in [0.29, 0.717) is 17.5 Å². The molecule has 2 saturated heterocycles. The lowest BCUT2D eigenvalue weighted by atomic mass is 9.87. The molecule has 0 aromatic heterocycles. The molecule has 2 aliphatic heterocycles. The number of carbonyl (C=O) groups is 1. The molecule has 3 rings (SSSR count). The van der Waals surface area contributed by atoms with E-state index < -0.39 is 0 Å². The van der Waals surface area contributed by atoms with Crippen LogP contribution < -0.4 is 10.6 Å². The second-order valence-electron chi connectivity index (χ2n) is 8.13. The van der Waals surface area contributed by atoms with Gasteiger partial charge in [-0.2, -0.15) is 0 Å². The first-order valence-corrected chi connectivity index (χ1v) is 10.6. The number of aliphatic imine (C=N–C) groups is 1. The molecule has 2 unspecified atom stereocenters. The summed E-state index contributed by atoms with van der Waals surface area (Å²) in [5.74, 6) is 0.940. The van der Waals surface area contributed by atoms with E-state index in [2.05, 4.69) is 29.4 Å². The van der Waals surface area contributed by atoms with E-state index in [1.807, 2.05) is 31.2 Å².